The zero-order valence-electron chi connectivity index (χ0n) is 10.1. The fourth-order valence-corrected chi connectivity index (χ4v) is 2.03. The van der Waals surface area contributed by atoms with Crippen LogP contribution in [-0.4, -0.2) is 36.6 Å². The zero-order chi connectivity index (χ0) is 10.4. The molecule has 0 amide bonds. The number of hydrogen-bond acceptors (Lipinski definition) is 2. The average molecular weight is 198 g/mol. The van der Waals surface area contributed by atoms with Crippen molar-refractivity contribution in [2.24, 2.45) is 0 Å². The predicted octanol–water partition coefficient (Wildman–Crippen LogP) is 2.25. The lowest BCUT2D eigenvalue weighted by molar-refractivity contribution is 0.272. The Bertz CT molecular complexity index is 143. The quantitative estimate of drug-likeness (QED) is 0.643. The molecule has 1 saturated carbocycles. The van der Waals surface area contributed by atoms with Crippen LogP contribution in [0.1, 0.15) is 46.5 Å². The third-order valence-corrected chi connectivity index (χ3v) is 3.08. The third kappa shape index (κ3) is 4.43. The first-order valence-electron chi connectivity index (χ1n) is 6.25. The average Bonchev–Trinajstić information content (AvgIpc) is 2.96. The van der Waals surface area contributed by atoms with Crippen molar-refractivity contribution >= 4 is 0 Å². The molecule has 14 heavy (non-hydrogen) atoms. The summed E-state index contributed by atoms with van der Waals surface area (Å²) in [6, 6.07) is 1.61. The van der Waals surface area contributed by atoms with Gasteiger partial charge in [0, 0.05) is 25.2 Å². The second-order valence-corrected chi connectivity index (χ2v) is 4.50. The molecule has 0 spiro atoms. The lowest BCUT2D eigenvalue weighted by Gasteiger charge is -2.21. The molecule has 0 aromatic carbocycles. The lowest BCUT2D eigenvalue weighted by Crippen LogP contribution is -2.36. The van der Waals surface area contributed by atoms with Crippen LogP contribution >= 0.6 is 0 Å². The zero-order valence-corrected chi connectivity index (χ0v) is 10.1. The molecule has 1 N–H and O–H groups in total. The molecule has 0 saturated heterocycles. The second kappa shape index (κ2) is 6.41. The van der Waals surface area contributed by atoms with E-state index in [2.05, 4.69) is 31.0 Å². The summed E-state index contributed by atoms with van der Waals surface area (Å²) in [5.74, 6) is 0. The van der Waals surface area contributed by atoms with Gasteiger partial charge in [0.1, 0.15) is 0 Å². The highest BCUT2D eigenvalue weighted by Gasteiger charge is 2.27. The Morgan fingerprint density at radius 2 is 2.07 bits per heavy atom. The van der Waals surface area contributed by atoms with Crippen LogP contribution in [0.3, 0.4) is 0 Å². The first-order valence-corrected chi connectivity index (χ1v) is 6.25. The van der Waals surface area contributed by atoms with E-state index in [0.717, 1.165) is 12.6 Å². The largest absolute Gasteiger partial charge is 0.313 e. The fourth-order valence-electron chi connectivity index (χ4n) is 2.03. The Morgan fingerprint density at radius 1 is 1.36 bits per heavy atom. The summed E-state index contributed by atoms with van der Waals surface area (Å²) in [6.45, 7) is 10.4. The van der Waals surface area contributed by atoms with Crippen molar-refractivity contribution < 1.29 is 0 Å². The molecule has 0 bridgehead atoms. The predicted molar refractivity (Wildman–Crippen MR) is 62.6 cm³/mol. The molecule has 1 atom stereocenters. The Kier molecular flexibility index (Phi) is 5.49. The van der Waals surface area contributed by atoms with Gasteiger partial charge in [0.05, 0.1) is 0 Å². The van der Waals surface area contributed by atoms with Crippen LogP contribution in [0.25, 0.3) is 0 Å². The second-order valence-electron chi connectivity index (χ2n) is 4.50. The molecule has 0 heterocycles. The molecule has 1 aliphatic rings. The van der Waals surface area contributed by atoms with E-state index >= 15 is 0 Å². The molecule has 1 aliphatic carbocycles. The maximum atomic E-state index is 3.59. The topological polar surface area (TPSA) is 15.3 Å². The van der Waals surface area contributed by atoms with Gasteiger partial charge in [-0.05, 0) is 32.7 Å². The van der Waals surface area contributed by atoms with E-state index in [1.165, 1.54) is 38.8 Å². The molecule has 0 aromatic rings. The van der Waals surface area contributed by atoms with E-state index in [0.29, 0.717) is 6.04 Å². The van der Waals surface area contributed by atoms with E-state index in [4.69, 9.17) is 0 Å². The standard InChI is InChI=1S/C12H26N2/c1-4-6-11(3)13-9-10-14(5-2)12-7-8-12/h11-13H,4-10H2,1-3H3. The first-order chi connectivity index (χ1) is 6.77. The Hall–Kier alpha value is -0.0800. The first kappa shape index (κ1) is 12.0. The van der Waals surface area contributed by atoms with Crippen molar-refractivity contribution in [3.05, 3.63) is 0 Å². The van der Waals surface area contributed by atoms with Crippen LogP contribution in [0.15, 0.2) is 0 Å². The van der Waals surface area contributed by atoms with E-state index < -0.39 is 0 Å². The minimum atomic E-state index is 0.693. The molecule has 2 nitrogen and oxygen atoms in total. The van der Waals surface area contributed by atoms with Crippen LogP contribution in [0.4, 0.5) is 0 Å². The smallest absolute Gasteiger partial charge is 0.0110 e. The van der Waals surface area contributed by atoms with Crippen LogP contribution in [0.5, 0.6) is 0 Å². The van der Waals surface area contributed by atoms with Crippen LogP contribution in [0, 0.1) is 0 Å². The third-order valence-electron chi connectivity index (χ3n) is 3.08. The number of likely N-dealkylation sites (N-methyl/N-ethyl adjacent to an activating group) is 1. The number of rotatable bonds is 8. The summed E-state index contributed by atoms with van der Waals surface area (Å²) < 4.78 is 0. The molecule has 1 rings (SSSR count). The molecule has 1 unspecified atom stereocenters. The van der Waals surface area contributed by atoms with Crippen molar-refractivity contribution in [2.45, 2.75) is 58.5 Å². The van der Waals surface area contributed by atoms with Gasteiger partial charge in [0.25, 0.3) is 0 Å². The van der Waals surface area contributed by atoms with Crippen molar-refractivity contribution in [3.63, 3.8) is 0 Å². The Balaban J connectivity index is 2.00. The summed E-state index contributed by atoms with van der Waals surface area (Å²) >= 11 is 0. The number of nitrogens with one attached hydrogen (secondary N) is 1. The fraction of sp³-hybridized carbons (Fsp3) is 1.00. The molecule has 84 valence electrons. The summed E-state index contributed by atoms with van der Waals surface area (Å²) in [5.41, 5.74) is 0. The minimum absolute atomic E-state index is 0.693. The van der Waals surface area contributed by atoms with E-state index in [-0.39, 0.29) is 0 Å². The number of hydrogen-bond donors (Lipinski definition) is 1. The van der Waals surface area contributed by atoms with Crippen molar-refractivity contribution in [1.29, 1.82) is 0 Å². The maximum Gasteiger partial charge on any atom is 0.0110 e. The van der Waals surface area contributed by atoms with E-state index in [1.807, 2.05) is 0 Å². The van der Waals surface area contributed by atoms with E-state index in [9.17, 15) is 0 Å². The SMILES string of the molecule is CCCC(C)NCCN(CC)C1CC1. The van der Waals surface area contributed by atoms with Gasteiger partial charge in [0.2, 0.25) is 0 Å². The van der Waals surface area contributed by atoms with Crippen molar-refractivity contribution in [3.8, 4) is 0 Å². The van der Waals surface area contributed by atoms with Gasteiger partial charge in [-0.3, -0.25) is 4.90 Å². The van der Waals surface area contributed by atoms with E-state index in [1.54, 1.807) is 0 Å². The Morgan fingerprint density at radius 3 is 2.57 bits per heavy atom. The minimum Gasteiger partial charge on any atom is -0.313 e. The highest BCUT2D eigenvalue weighted by atomic mass is 15.2. The van der Waals surface area contributed by atoms with Gasteiger partial charge >= 0.3 is 0 Å². The van der Waals surface area contributed by atoms with Gasteiger partial charge in [-0.15, -0.1) is 0 Å². The molecule has 0 aromatic heterocycles. The van der Waals surface area contributed by atoms with Crippen LogP contribution in [0.2, 0.25) is 0 Å². The maximum absolute atomic E-state index is 3.59. The molecular weight excluding hydrogens is 172 g/mol. The van der Waals surface area contributed by atoms with Gasteiger partial charge in [0.15, 0.2) is 0 Å². The summed E-state index contributed by atoms with van der Waals surface area (Å²) in [4.78, 5) is 2.60. The van der Waals surface area contributed by atoms with Crippen molar-refractivity contribution in [1.82, 2.24) is 10.2 Å². The molecular formula is C12H26N2. The van der Waals surface area contributed by atoms with Gasteiger partial charge in [-0.2, -0.15) is 0 Å². The molecule has 0 radical (unpaired) electrons. The summed E-state index contributed by atoms with van der Waals surface area (Å²) in [7, 11) is 0. The monoisotopic (exact) mass is 198 g/mol. The summed E-state index contributed by atoms with van der Waals surface area (Å²) in [5, 5.41) is 3.59. The summed E-state index contributed by atoms with van der Waals surface area (Å²) in [6.07, 6.45) is 5.44. The highest BCUT2D eigenvalue weighted by Crippen LogP contribution is 2.25. The highest BCUT2D eigenvalue weighted by molar-refractivity contribution is 4.84. The van der Waals surface area contributed by atoms with Crippen molar-refractivity contribution in [2.75, 3.05) is 19.6 Å². The van der Waals surface area contributed by atoms with Crippen LogP contribution in [-0.2, 0) is 0 Å². The number of nitrogens with zero attached hydrogens (tertiary/aromatic N) is 1. The normalized spacial score (nSPS) is 18.9. The molecule has 1 fully saturated rings. The lowest BCUT2D eigenvalue weighted by atomic mass is 10.2. The van der Waals surface area contributed by atoms with Crippen LogP contribution < -0.4 is 5.32 Å². The molecule has 2 heteroatoms. The van der Waals surface area contributed by atoms with Gasteiger partial charge in [-0.1, -0.05) is 20.3 Å². The molecule has 0 aliphatic heterocycles. The van der Waals surface area contributed by atoms with Gasteiger partial charge < -0.3 is 5.32 Å². The Labute approximate surface area is 89.1 Å². The van der Waals surface area contributed by atoms with Gasteiger partial charge in [-0.25, -0.2) is 0 Å².